The van der Waals surface area contributed by atoms with E-state index in [-0.39, 0.29) is 0 Å². The maximum atomic E-state index is 8.80. The molecule has 1 aromatic rings. The molecule has 0 aliphatic carbocycles. The van der Waals surface area contributed by atoms with Crippen molar-refractivity contribution in [3.05, 3.63) is 29.8 Å². The smallest absolute Gasteiger partial charge is 0.119 e. The van der Waals surface area contributed by atoms with Crippen molar-refractivity contribution in [1.29, 1.82) is 5.26 Å². The Morgan fingerprint density at radius 3 is 2.74 bits per heavy atom. The van der Waals surface area contributed by atoms with Crippen LogP contribution in [0.25, 0.3) is 0 Å². The Kier molecular flexibility index (Phi) is 5.85. The minimum Gasteiger partial charge on any atom is -0.494 e. The van der Waals surface area contributed by atoms with Gasteiger partial charge in [0.2, 0.25) is 0 Å². The highest BCUT2D eigenvalue weighted by atomic mass is 16.5. The monoisotopic (exact) mass is 260 g/mol. The van der Waals surface area contributed by atoms with Crippen molar-refractivity contribution in [3.8, 4) is 11.8 Å². The second kappa shape index (κ2) is 7.16. The second-order valence-electron chi connectivity index (χ2n) is 5.56. The molecule has 0 heterocycles. The van der Waals surface area contributed by atoms with Crippen molar-refractivity contribution >= 4 is 0 Å². The zero-order valence-electron chi connectivity index (χ0n) is 12.1. The Morgan fingerprint density at radius 2 is 2.11 bits per heavy atom. The first-order valence-corrected chi connectivity index (χ1v) is 6.87. The predicted molar refractivity (Wildman–Crippen MR) is 78.1 cm³/mol. The first-order valence-electron chi connectivity index (χ1n) is 6.87. The lowest BCUT2D eigenvalue weighted by Crippen LogP contribution is -2.33. The highest BCUT2D eigenvalue weighted by molar-refractivity contribution is 5.30. The largest absolute Gasteiger partial charge is 0.494 e. The van der Waals surface area contributed by atoms with E-state index in [0.717, 1.165) is 18.6 Å². The van der Waals surface area contributed by atoms with E-state index < -0.39 is 5.54 Å². The molecular weight excluding hydrogens is 236 g/mol. The van der Waals surface area contributed by atoms with Crippen LogP contribution in [-0.4, -0.2) is 12.1 Å². The van der Waals surface area contributed by atoms with Gasteiger partial charge in [-0.1, -0.05) is 26.0 Å². The molecule has 2 N–H and O–H groups in total. The van der Waals surface area contributed by atoms with Crippen molar-refractivity contribution in [2.24, 2.45) is 5.73 Å². The average Bonchev–Trinajstić information content (AvgIpc) is 2.38. The number of rotatable bonds is 7. The molecule has 1 aromatic carbocycles. The molecule has 1 rings (SSSR count). The quantitative estimate of drug-likeness (QED) is 0.762. The molecule has 0 aromatic heterocycles. The molecule has 0 saturated heterocycles. The fourth-order valence-corrected chi connectivity index (χ4v) is 1.80. The van der Waals surface area contributed by atoms with E-state index in [9.17, 15) is 0 Å². The van der Waals surface area contributed by atoms with E-state index in [1.807, 2.05) is 12.1 Å². The molecule has 0 spiro atoms. The van der Waals surface area contributed by atoms with Crippen LogP contribution in [0, 0.1) is 11.3 Å². The summed E-state index contributed by atoms with van der Waals surface area (Å²) in [6.07, 6.45) is 2.53. The fraction of sp³-hybridized carbons (Fsp3) is 0.562. The minimum atomic E-state index is -0.711. The van der Waals surface area contributed by atoms with Gasteiger partial charge < -0.3 is 10.5 Å². The van der Waals surface area contributed by atoms with Crippen molar-refractivity contribution in [1.82, 2.24) is 0 Å². The van der Waals surface area contributed by atoms with Crippen molar-refractivity contribution < 1.29 is 4.74 Å². The zero-order valence-corrected chi connectivity index (χ0v) is 12.1. The Morgan fingerprint density at radius 1 is 1.37 bits per heavy atom. The summed E-state index contributed by atoms with van der Waals surface area (Å²) in [6, 6.07) is 10.3. The Labute approximate surface area is 116 Å². The van der Waals surface area contributed by atoms with E-state index >= 15 is 0 Å². The predicted octanol–water partition coefficient (Wildman–Crippen LogP) is 3.60. The molecule has 19 heavy (non-hydrogen) atoms. The molecule has 1 unspecified atom stereocenters. The number of nitrogens with two attached hydrogens (primary N) is 1. The summed E-state index contributed by atoms with van der Waals surface area (Å²) in [4.78, 5) is 0. The normalized spacial score (nSPS) is 13.9. The summed E-state index contributed by atoms with van der Waals surface area (Å²) in [5, 5.41) is 8.80. The second-order valence-corrected chi connectivity index (χ2v) is 5.56. The standard InChI is InChI=1S/C16H24N2O/c1-13(2)14-7-6-8-15(11-14)19-10-5-4-9-16(3,18)12-17/h6-8,11,13H,4-5,9-10,18H2,1-3H3. The average molecular weight is 260 g/mol. The number of hydrogen-bond donors (Lipinski definition) is 1. The van der Waals surface area contributed by atoms with Gasteiger partial charge in [0.1, 0.15) is 11.3 Å². The summed E-state index contributed by atoms with van der Waals surface area (Å²) < 4.78 is 5.72. The summed E-state index contributed by atoms with van der Waals surface area (Å²) in [5.74, 6) is 1.43. The summed E-state index contributed by atoms with van der Waals surface area (Å²) >= 11 is 0. The molecule has 0 saturated carbocycles. The maximum Gasteiger partial charge on any atom is 0.119 e. The van der Waals surface area contributed by atoms with Crippen molar-refractivity contribution in [3.63, 3.8) is 0 Å². The Bertz CT molecular complexity index is 433. The van der Waals surface area contributed by atoms with Gasteiger partial charge in [-0.05, 0) is 49.8 Å². The van der Waals surface area contributed by atoms with Crippen LogP contribution < -0.4 is 10.5 Å². The van der Waals surface area contributed by atoms with Crippen LogP contribution in [0.1, 0.15) is 51.5 Å². The van der Waals surface area contributed by atoms with Gasteiger partial charge in [0.05, 0.1) is 12.7 Å². The van der Waals surface area contributed by atoms with Gasteiger partial charge >= 0.3 is 0 Å². The Hall–Kier alpha value is -1.53. The van der Waals surface area contributed by atoms with Gasteiger partial charge in [0, 0.05) is 0 Å². The molecular formula is C16H24N2O. The van der Waals surface area contributed by atoms with Crippen LogP contribution in [0.15, 0.2) is 24.3 Å². The van der Waals surface area contributed by atoms with Gasteiger partial charge in [-0.2, -0.15) is 5.26 Å². The van der Waals surface area contributed by atoms with Gasteiger partial charge in [0.25, 0.3) is 0 Å². The number of nitriles is 1. The Balaban J connectivity index is 2.30. The number of benzene rings is 1. The molecule has 0 aliphatic heterocycles. The van der Waals surface area contributed by atoms with Gasteiger partial charge in [0.15, 0.2) is 0 Å². The van der Waals surface area contributed by atoms with Crippen LogP contribution in [0.5, 0.6) is 5.75 Å². The highest BCUT2D eigenvalue weighted by Gasteiger charge is 2.15. The van der Waals surface area contributed by atoms with E-state index in [1.54, 1.807) is 6.92 Å². The molecule has 3 heteroatoms. The first-order chi connectivity index (χ1) is 8.94. The van der Waals surface area contributed by atoms with Crippen molar-refractivity contribution in [2.45, 2.75) is 51.5 Å². The van der Waals surface area contributed by atoms with E-state index in [0.29, 0.717) is 18.9 Å². The lowest BCUT2D eigenvalue weighted by Gasteiger charge is -2.15. The minimum absolute atomic E-state index is 0.511. The summed E-state index contributed by atoms with van der Waals surface area (Å²) in [7, 11) is 0. The van der Waals surface area contributed by atoms with Crippen LogP contribution in [0.3, 0.4) is 0 Å². The molecule has 0 bridgehead atoms. The third-order valence-corrected chi connectivity index (χ3v) is 3.14. The fourth-order valence-electron chi connectivity index (χ4n) is 1.80. The van der Waals surface area contributed by atoms with E-state index in [1.165, 1.54) is 5.56 Å². The molecule has 0 fully saturated rings. The topological polar surface area (TPSA) is 59.0 Å². The van der Waals surface area contributed by atoms with Gasteiger partial charge in [-0.3, -0.25) is 0 Å². The lowest BCUT2D eigenvalue weighted by molar-refractivity contribution is 0.300. The van der Waals surface area contributed by atoms with Crippen molar-refractivity contribution in [2.75, 3.05) is 6.61 Å². The molecule has 1 atom stereocenters. The number of unbranched alkanes of at least 4 members (excludes halogenated alkanes) is 1. The zero-order chi connectivity index (χ0) is 14.3. The third-order valence-electron chi connectivity index (χ3n) is 3.14. The number of hydrogen-bond acceptors (Lipinski definition) is 3. The van der Waals surface area contributed by atoms with Gasteiger partial charge in [-0.15, -0.1) is 0 Å². The van der Waals surface area contributed by atoms with Gasteiger partial charge in [-0.25, -0.2) is 0 Å². The SMILES string of the molecule is CC(C)c1cccc(OCCCCC(C)(N)C#N)c1. The van der Waals surface area contributed by atoms with Crippen LogP contribution >= 0.6 is 0 Å². The summed E-state index contributed by atoms with van der Waals surface area (Å²) in [5.41, 5.74) is 6.34. The van der Waals surface area contributed by atoms with E-state index in [2.05, 4.69) is 32.0 Å². The molecule has 3 nitrogen and oxygen atoms in total. The maximum absolute atomic E-state index is 8.80. The highest BCUT2D eigenvalue weighted by Crippen LogP contribution is 2.20. The number of nitrogens with zero attached hydrogens (tertiary/aromatic N) is 1. The van der Waals surface area contributed by atoms with Crippen LogP contribution in [0.4, 0.5) is 0 Å². The van der Waals surface area contributed by atoms with E-state index in [4.69, 9.17) is 15.7 Å². The first kappa shape index (κ1) is 15.5. The molecule has 0 radical (unpaired) electrons. The lowest BCUT2D eigenvalue weighted by atomic mass is 9.98. The molecule has 0 amide bonds. The summed E-state index contributed by atoms with van der Waals surface area (Å²) in [6.45, 7) is 6.77. The van der Waals surface area contributed by atoms with Crippen LogP contribution in [0.2, 0.25) is 0 Å². The molecule has 0 aliphatic rings. The third kappa shape index (κ3) is 5.76. The number of ether oxygens (including phenoxy) is 1. The molecule has 104 valence electrons. The van der Waals surface area contributed by atoms with Crippen LogP contribution in [-0.2, 0) is 0 Å².